The van der Waals surface area contributed by atoms with Crippen molar-refractivity contribution in [3.05, 3.63) is 42.9 Å². The molecule has 3 N–H and O–H groups in total. The van der Waals surface area contributed by atoms with Crippen LogP contribution in [0.4, 0.5) is 23.0 Å². The lowest BCUT2D eigenvalue weighted by atomic mass is 10.2. The van der Waals surface area contributed by atoms with Crippen LogP contribution in [0, 0.1) is 22.7 Å². The highest BCUT2D eigenvalue weighted by atomic mass is 15.2. The first-order chi connectivity index (χ1) is 13.2. The van der Waals surface area contributed by atoms with E-state index in [1.165, 1.54) is 6.33 Å². The second kappa shape index (κ2) is 8.45. The maximum absolute atomic E-state index is 8.88. The number of rotatable bonds is 7. The van der Waals surface area contributed by atoms with Gasteiger partial charge in [-0.2, -0.15) is 10.5 Å². The first kappa shape index (κ1) is 17.9. The van der Waals surface area contributed by atoms with Gasteiger partial charge in [0.15, 0.2) is 11.6 Å². The molecule has 0 spiro atoms. The van der Waals surface area contributed by atoms with Gasteiger partial charge in [0.25, 0.3) is 0 Å². The highest BCUT2D eigenvalue weighted by Crippen LogP contribution is 2.31. The van der Waals surface area contributed by atoms with E-state index in [0.717, 1.165) is 16.6 Å². The van der Waals surface area contributed by atoms with E-state index >= 15 is 0 Å². The van der Waals surface area contributed by atoms with Gasteiger partial charge in [-0.15, -0.1) is 0 Å². The van der Waals surface area contributed by atoms with Crippen molar-refractivity contribution in [1.82, 2.24) is 15.0 Å². The summed E-state index contributed by atoms with van der Waals surface area (Å²) in [6, 6.07) is 13.8. The van der Waals surface area contributed by atoms with Crippen LogP contribution in [0.2, 0.25) is 0 Å². The Morgan fingerprint density at radius 1 is 1.00 bits per heavy atom. The number of benzene rings is 1. The fourth-order valence-electron chi connectivity index (χ4n) is 2.77. The van der Waals surface area contributed by atoms with Crippen molar-refractivity contribution < 1.29 is 0 Å². The number of aromatic nitrogens is 3. The number of pyridine rings is 1. The standard InChI is InChI=1S/C19H18N8/c20-8-3-11-27(12-4-9-21)19-17(22)18(24-13-25-19)26-16-7-1-6-15-14(16)5-2-10-23-15/h1-2,5-7,10,13H,3-4,11-12,22H2,(H,24,25,26). The summed E-state index contributed by atoms with van der Waals surface area (Å²) in [4.78, 5) is 14.7. The third-order valence-corrected chi connectivity index (χ3v) is 4.05. The van der Waals surface area contributed by atoms with Gasteiger partial charge in [-0.05, 0) is 24.3 Å². The SMILES string of the molecule is N#CCCN(CCC#N)c1ncnc(Nc2cccc3ncccc23)c1N. The number of hydrogen-bond acceptors (Lipinski definition) is 8. The second-order valence-electron chi connectivity index (χ2n) is 5.76. The topological polar surface area (TPSA) is 128 Å². The fourth-order valence-corrected chi connectivity index (χ4v) is 2.77. The molecule has 3 rings (SSSR count). The molecule has 8 nitrogen and oxygen atoms in total. The lowest BCUT2D eigenvalue weighted by Gasteiger charge is -2.23. The van der Waals surface area contributed by atoms with Gasteiger partial charge in [0.1, 0.15) is 12.0 Å². The average molecular weight is 358 g/mol. The molecule has 27 heavy (non-hydrogen) atoms. The predicted octanol–water partition coefficient (Wildman–Crippen LogP) is 2.98. The normalized spacial score (nSPS) is 10.1. The quantitative estimate of drug-likeness (QED) is 0.659. The smallest absolute Gasteiger partial charge is 0.159 e. The van der Waals surface area contributed by atoms with Crippen LogP contribution in [-0.2, 0) is 0 Å². The van der Waals surface area contributed by atoms with Gasteiger partial charge in [0, 0.05) is 30.4 Å². The molecule has 0 aliphatic rings. The van der Waals surface area contributed by atoms with E-state index in [4.69, 9.17) is 16.3 Å². The van der Waals surface area contributed by atoms with Gasteiger partial charge in [0.05, 0.1) is 30.5 Å². The van der Waals surface area contributed by atoms with Crippen LogP contribution in [0.3, 0.4) is 0 Å². The Bertz CT molecular complexity index is 995. The van der Waals surface area contributed by atoms with E-state index in [2.05, 4.69) is 32.4 Å². The molecule has 8 heteroatoms. The molecule has 0 saturated heterocycles. The summed E-state index contributed by atoms with van der Waals surface area (Å²) >= 11 is 0. The monoisotopic (exact) mass is 358 g/mol. The first-order valence-corrected chi connectivity index (χ1v) is 8.44. The molecule has 0 saturated carbocycles. The minimum atomic E-state index is 0.312. The van der Waals surface area contributed by atoms with Crippen LogP contribution in [-0.4, -0.2) is 28.0 Å². The van der Waals surface area contributed by atoms with Crippen molar-refractivity contribution in [2.75, 3.05) is 29.0 Å². The molecule has 1 aromatic carbocycles. The fraction of sp³-hybridized carbons (Fsp3) is 0.211. The number of nitrogen functional groups attached to an aromatic ring is 1. The molecule has 0 bridgehead atoms. The molecule has 0 amide bonds. The van der Waals surface area contributed by atoms with Crippen molar-refractivity contribution >= 4 is 33.9 Å². The molecule has 0 aliphatic heterocycles. The van der Waals surface area contributed by atoms with Crippen LogP contribution >= 0.6 is 0 Å². The molecule has 2 aromatic heterocycles. The molecule has 3 aromatic rings. The molecule has 134 valence electrons. The van der Waals surface area contributed by atoms with E-state index < -0.39 is 0 Å². The third kappa shape index (κ3) is 4.02. The van der Waals surface area contributed by atoms with Crippen LogP contribution in [0.15, 0.2) is 42.9 Å². The number of nitrogens with zero attached hydrogens (tertiary/aromatic N) is 6. The summed E-state index contributed by atoms with van der Waals surface area (Å²) in [5.74, 6) is 0.978. The van der Waals surface area contributed by atoms with Crippen molar-refractivity contribution in [1.29, 1.82) is 10.5 Å². The molecule has 0 radical (unpaired) electrons. The van der Waals surface area contributed by atoms with Crippen molar-refractivity contribution in [2.45, 2.75) is 12.8 Å². The van der Waals surface area contributed by atoms with E-state index in [1.807, 2.05) is 35.2 Å². The summed E-state index contributed by atoms with van der Waals surface area (Å²) in [5.41, 5.74) is 8.37. The number of nitrogens with two attached hydrogens (primary N) is 1. The summed E-state index contributed by atoms with van der Waals surface area (Å²) < 4.78 is 0. The van der Waals surface area contributed by atoms with Gasteiger partial charge in [-0.3, -0.25) is 4.98 Å². The molecular formula is C19H18N8. The van der Waals surface area contributed by atoms with Crippen molar-refractivity contribution in [3.63, 3.8) is 0 Å². The maximum atomic E-state index is 8.88. The van der Waals surface area contributed by atoms with Gasteiger partial charge in [-0.1, -0.05) is 6.07 Å². The van der Waals surface area contributed by atoms with Gasteiger partial charge < -0.3 is 16.0 Å². The van der Waals surface area contributed by atoms with E-state index in [1.54, 1.807) is 6.20 Å². The lowest BCUT2D eigenvalue weighted by Crippen LogP contribution is -2.27. The Kier molecular flexibility index (Phi) is 5.60. The number of nitrogens with one attached hydrogen (secondary N) is 1. The summed E-state index contributed by atoms with van der Waals surface area (Å²) in [6.07, 6.45) is 3.79. The molecule has 0 atom stereocenters. The highest BCUT2D eigenvalue weighted by Gasteiger charge is 2.15. The highest BCUT2D eigenvalue weighted by molar-refractivity contribution is 5.94. The molecule has 0 unspecified atom stereocenters. The predicted molar refractivity (Wildman–Crippen MR) is 104 cm³/mol. The van der Waals surface area contributed by atoms with Crippen LogP contribution < -0.4 is 16.0 Å². The van der Waals surface area contributed by atoms with Crippen molar-refractivity contribution in [3.8, 4) is 12.1 Å². The Hall–Kier alpha value is -3.91. The minimum absolute atomic E-state index is 0.312. The molecule has 2 heterocycles. The van der Waals surface area contributed by atoms with Crippen LogP contribution in [0.1, 0.15) is 12.8 Å². The lowest BCUT2D eigenvalue weighted by molar-refractivity contribution is 0.782. The second-order valence-corrected chi connectivity index (χ2v) is 5.76. The van der Waals surface area contributed by atoms with Crippen molar-refractivity contribution in [2.24, 2.45) is 0 Å². The van der Waals surface area contributed by atoms with E-state index in [-0.39, 0.29) is 0 Å². The molecule has 0 fully saturated rings. The number of anilines is 4. The first-order valence-electron chi connectivity index (χ1n) is 8.44. The van der Waals surface area contributed by atoms with E-state index in [0.29, 0.717) is 43.3 Å². The molecule has 0 aliphatic carbocycles. The Labute approximate surface area is 156 Å². The summed E-state index contributed by atoms with van der Waals surface area (Å²) in [5, 5.41) is 22.0. The zero-order valence-electron chi connectivity index (χ0n) is 14.6. The number of fused-ring (bicyclic) bond motifs is 1. The molecular weight excluding hydrogens is 340 g/mol. The van der Waals surface area contributed by atoms with Gasteiger partial charge in [-0.25, -0.2) is 9.97 Å². The van der Waals surface area contributed by atoms with Crippen LogP contribution in [0.25, 0.3) is 10.9 Å². The number of hydrogen-bond donors (Lipinski definition) is 2. The maximum Gasteiger partial charge on any atom is 0.159 e. The van der Waals surface area contributed by atoms with Gasteiger partial charge in [0.2, 0.25) is 0 Å². The van der Waals surface area contributed by atoms with E-state index in [9.17, 15) is 0 Å². The Morgan fingerprint density at radius 3 is 2.52 bits per heavy atom. The minimum Gasteiger partial charge on any atom is -0.393 e. The average Bonchev–Trinajstić information content (AvgIpc) is 2.70. The van der Waals surface area contributed by atoms with Gasteiger partial charge >= 0.3 is 0 Å². The zero-order chi connectivity index (χ0) is 19.1. The summed E-state index contributed by atoms with van der Waals surface area (Å²) in [6.45, 7) is 0.883. The number of nitriles is 2. The third-order valence-electron chi connectivity index (χ3n) is 4.05. The Balaban J connectivity index is 1.94. The van der Waals surface area contributed by atoms with Crippen LogP contribution in [0.5, 0.6) is 0 Å². The Morgan fingerprint density at radius 2 is 1.78 bits per heavy atom. The zero-order valence-corrected chi connectivity index (χ0v) is 14.6. The largest absolute Gasteiger partial charge is 0.393 e. The summed E-state index contributed by atoms with van der Waals surface area (Å²) in [7, 11) is 0.